The van der Waals surface area contributed by atoms with Crippen LogP contribution in [0.3, 0.4) is 0 Å². The zero-order valence-electron chi connectivity index (χ0n) is 14.3. The Balaban J connectivity index is 1.43. The largest absolute Gasteiger partial charge is 0.486 e. The first-order chi connectivity index (χ1) is 12.6. The number of rotatable bonds is 4. The molecule has 0 radical (unpaired) electrons. The summed E-state index contributed by atoms with van der Waals surface area (Å²) in [5.41, 5.74) is 2.54. The topological polar surface area (TPSA) is 60.7 Å². The van der Waals surface area contributed by atoms with Crippen molar-refractivity contribution >= 4 is 28.5 Å². The molecule has 0 aliphatic carbocycles. The maximum atomic E-state index is 12.4. The number of fused-ring (bicyclic) bond motifs is 2. The number of para-hydroxylation sites is 1. The molecule has 0 fully saturated rings. The van der Waals surface area contributed by atoms with Crippen molar-refractivity contribution in [1.82, 2.24) is 5.32 Å². The molecule has 6 heteroatoms. The molecule has 0 bridgehead atoms. The molecule has 134 valence electrons. The van der Waals surface area contributed by atoms with Crippen molar-refractivity contribution in [3.63, 3.8) is 0 Å². The number of aryl methyl sites for hydroxylation is 1. The molecule has 0 spiro atoms. The van der Waals surface area contributed by atoms with Crippen molar-refractivity contribution in [2.75, 3.05) is 19.8 Å². The van der Waals surface area contributed by atoms with E-state index >= 15 is 0 Å². The number of hydrogen-bond acceptors (Lipinski definition) is 4. The van der Waals surface area contributed by atoms with Crippen LogP contribution in [0, 0.1) is 6.92 Å². The fourth-order valence-electron chi connectivity index (χ4n) is 3.10. The zero-order chi connectivity index (χ0) is 18.1. The van der Waals surface area contributed by atoms with Crippen LogP contribution < -0.4 is 14.8 Å². The summed E-state index contributed by atoms with van der Waals surface area (Å²) < 4.78 is 16.8. The minimum Gasteiger partial charge on any atom is -0.486 e. The van der Waals surface area contributed by atoms with E-state index in [0.29, 0.717) is 54.0 Å². The van der Waals surface area contributed by atoms with Crippen LogP contribution >= 0.6 is 11.6 Å². The van der Waals surface area contributed by atoms with Gasteiger partial charge in [0.25, 0.3) is 5.91 Å². The highest BCUT2D eigenvalue weighted by Crippen LogP contribution is 2.38. The lowest BCUT2D eigenvalue weighted by Gasteiger charge is -2.20. The Morgan fingerprint density at radius 1 is 1.19 bits per heavy atom. The Morgan fingerprint density at radius 2 is 2.00 bits per heavy atom. The molecule has 1 aliphatic heterocycles. The van der Waals surface area contributed by atoms with Gasteiger partial charge < -0.3 is 19.2 Å². The third kappa shape index (κ3) is 3.10. The Labute approximate surface area is 155 Å². The molecule has 2 heterocycles. The van der Waals surface area contributed by atoms with Crippen LogP contribution in [0.1, 0.15) is 21.7 Å². The third-order valence-electron chi connectivity index (χ3n) is 4.41. The minimum atomic E-state index is -0.220. The molecule has 0 atom stereocenters. The molecule has 1 aliphatic rings. The van der Waals surface area contributed by atoms with Gasteiger partial charge in [-0.15, -0.1) is 0 Å². The summed E-state index contributed by atoms with van der Waals surface area (Å²) in [5, 5.41) is 4.38. The molecule has 26 heavy (non-hydrogen) atoms. The number of amides is 1. The second kappa shape index (κ2) is 6.92. The van der Waals surface area contributed by atoms with E-state index in [-0.39, 0.29) is 5.91 Å². The number of nitrogens with one attached hydrogen (secondary N) is 1. The Bertz CT molecular complexity index is 979. The van der Waals surface area contributed by atoms with Gasteiger partial charge in [0.15, 0.2) is 17.3 Å². The van der Waals surface area contributed by atoms with Gasteiger partial charge in [0.05, 0.1) is 5.02 Å². The number of furan rings is 1. The summed E-state index contributed by atoms with van der Waals surface area (Å²) >= 11 is 6.24. The average molecular weight is 372 g/mol. The summed E-state index contributed by atoms with van der Waals surface area (Å²) in [6.45, 7) is 3.36. The first-order valence-corrected chi connectivity index (χ1v) is 8.85. The fraction of sp³-hybridized carbons (Fsp3) is 0.250. The molecule has 1 N–H and O–H groups in total. The lowest BCUT2D eigenvalue weighted by Crippen LogP contribution is -2.26. The smallest absolute Gasteiger partial charge is 0.287 e. The van der Waals surface area contributed by atoms with Crippen molar-refractivity contribution < 1.29 is 18.7 Å². The van der Waals surface area contributed by atoms with Gasteiger partial charge in [-0.2, -0.15) is 0 Å². The Morgan fingerprint density at radius 3 is 2.85 bits per heavy atom. The second-order valence-electron chi connectivity index (χ2n) is 6.16. The van der Waals surface area contributed by atoms with Gasteiger partial charge >= 0.3 is 0 Å². The second-order valence-corrected chi connectivity index (χ2v) is 6.57. The Kier molecular flexibility index (Phi) is 4.47. The lowest BCUT2D eigenvalue weighted by molar-refractivity contribution is 0.0928. The number of carbonyl (C=O) groups excluding carboxylic acids is 1. The van der Waals surface area contributed by atoms with Gasteiger partial charge in [0.2, 0.25) is 0 Å². The zero-order valence-corrected chi connectivity index (χ0v) is 15.1. The van der Waals surface area contributed by atoms with Crippen molar-refractivity contribution in [3.05, 3.63) is 58.3 Å². The van der Waals surface area contributed by atoms with Crippen molar-refractivity contribution in [2.24, 2.45) is 0 Å². The van der Waals surface area contributed by atoms with E-state index in [4.69, 9.17) is 25.5 Å². The molecule has 2 aromatic carbocycles. The van der Waals surface area contributed by atoms with Crippen molar-refractivity contribution in [3.8, 4) is 11.5 Å². The van der Waals surface area contributed by atoms with Crippen LogP contribution in [0.2, 0.25) is 5.02 Å². The van der Waals surface area contributed by atoms with Crippen molar-refractivity contribution in [1.29, 1.82) is 0 Å². The van der Waals surface area contributed by atoms with Gasteiger partial charge in [-0.1, -0.05) is 29.8 Å². The first-order valence-electron chi connectivity index (χ1n) is 8.48. The monoisotopic (exact) mass is 371 g/mol. The maximum absolute atomic E-state index is 12.4. The number of halogens is 1. The van der Waals surface area contributed by atoms with Gasteiger partial charge in [-0.25, -0.2) is 0 Å². The van der Waals surface area contributed by atoms with Gasteiger partial charge in [-0.05, 0) is 37.1 Å². The summed E-state index contributed by atoms with van der Waals surface area (Å²) in [6, 6.07) is 11.4. The first kappa shape index (κ1) is 16.8. The highest BCUT2D eigenvalue weighted by atomic mass is 35.5. The van der Waals surface area contributed by atoms with E-state index in [2.05, 4.69) is 5.32 Å². The molecule has 1 aromatic heterocycles. The molecule has 0 unspecified atom stereocenters. The van der Waals surface area contributed by atoms with E-state index in [9.17, 15) is 4.79 Å². The highest BCUT2D eigenvalue weighted by Gasteiger charge is 2.18. The predicted molar refractivity (Wildman–Crippen MR) is 99.4 cm³/mol. The number of ether oxygens (including phenoxy) is 2. The summed E-state index contributed by atoms with van der Waals surface area (Å²) in [7, 11) is 0. The summed E-state index contributed by atoms with van der Waals surface area (Å²) in [5.74, 6) is 1.37. The van der Waals surface area contributed by atoms with E-state index in [1.807, 2.05) is 43.3 Å². The van der Waals surface area contributed by atoms with Crippen LogP contribution in [-0.4, -0.2) is 25.7 Å². The molecule has 0 saturated carbocycles. The van der Waals surface area contributed by atoms with E-state index < -0.39 is 0 Å². The molecule has 3 aromatic rings. The van der Waals surface area contributed by atoms with Crippen LogP contribution in [-0.2, 0) is 6.42 Å². The predicted octanol–water partition coefficient (Wildman–Crippen LogP) is 4.14. The normalized spacial score (nSPS) is 13.0. The molecule has 5 nitrogen and oxygen atoms in total. The molecular formula is C20H18ClNO4. The van der Waals surface area contributed by atoms with Gasteiger partial charge in [0.1, 0.15) is 18.8 Å². The maximum Gasteiger partial charge on any atom is 0.287 e. The summed E-state index contributed by atoms with van der Waals surface area (Å²) in [4.78, 5) is 12.4. The Hall–Kier alpha value is -2.66. The van der Waals surface area contributed by atoms with Gasteiger partial charge in [0, 0.05) is 17.5 Å². The summed E-state index contributed by atoms with van der Waals surface area (Å²) in [6.07, 6.45) is 0.626. The van der Waals surface area contributed by atoms with Crippen LogP contribution in [0.15, 0.2) is 40.8 Å². The molecule has 4 rings (SSSR count). The van der Waals surface area contributed by atoms with E-state index in [1.165, 1.54) is 0 Å². The highest BCUT2D eigenvalue weighted by molar-refractivity contribution is 6.32. The number of hydrogen-bond donors (Lipinski definition) is 1. The molecular weight excluding hydrogens is 354 g/mol. The molecule has 1 amide bonds. The average Bonchev–Trinajstić information content (AvgIpc) is 2.99. The van der Waals surface area contributed by atoms with Crippen LogP contribution in [0.4, 0.5) is 0 Å². The lowest BCUT2D eigenvalue weighted by atomic mass is 10.1. The minimum absolute atomic E-state index is 0.220. The van der Waals surface area contributed by atoms with Crippen LogP contribution in [0.25, 0.3) is 11.0 Å². The van der Waals surface area contributed by atoms with E-state index in [1.54, 1.807) is 0 Å². The standard InChI is InChI=1S/C20H18ClNO4/c1-12-14-4-2-3-5-16(14)26-18(12)20(23)22-7-6-13-10-15(21)19-17(11-13)24-8-9-25-19/h2-5,10-11H,6-9H2,1H3,(H,22,23). The van der Waals surface area contributed by atoms with Gasteiger partial charge in [-0.3, -0.25) is 4.79 Å². The molecule has 0 saturated heterocycles. The SMILES string of the molecule is Cc1c(C(=O)NCCc2cc(Cl)c3c(c2)OCCO3)oc2ccccc12. The fourth-order valence-corrected chi connectivity index (χ4v) is 3.39. The third-order valence-corrected chi connectivity index (χ3v) is 4.69. The van der Waals surface area contributed by atoms with Crippen molar-refractivity contribution in [2.45, 2.75) is 13.3 Å². The van der Waals surface area contributed by atoms with Crippen LogP contribution in [0.5, 0.6) is 11.5 Å². The van der Waals surface area contributed by atoms with E-state index in [0.717, 1.165) is 16.5 Å². The quantitative estimate of drug-likeness (QED) is 0.748. The number of benzene rings is 2. The number of carbonyl (C=O) groups is 1.